The molecule has 2 aliphatic heterocycles. The van der Waals surface area contributed by atoms with E-state index < -0.39 is 0 Å². The van der Waals surface area contributed by atoms with Crippen LogP contribution in [0.1, 0.15) is 25.8 Å². The van der Waals surface area contributed by atoms with Gasteiger partial charge in [-0.25, -0.2) is 4.79 Å². The maximum absolute atomic E-state index is 12.0. The normalized spacial score (nSPS) is 22.6. The standard InChI is InChI=1S/C14H17N3O/c1-3-9(2)17-8-11-10-6-4-5-7-12(10)15-13(11)16-14(17)18/h4-9,13,15H,3H2,1-2H3,(H,16,18). The largest absolute Gasteiger partial charge is 0.361 e. The third-order valence-corrected chi connectivity index (χ3v) is 3.70. The molecule has 2 N–H and O–H groups in total. The van der Waals surface area contributed by atoms with Crippen LogP contribution in [0.3, 0.4) is 0 Å². The average Bonchev–Trinajstić information content (AvgIpc) is 2.74. The number of nitrogens with one attached hydrogen (secondary N) is 2. The second kappa shape index (κ2) is 4.05. The zero-order valence-corrected chi connectivity index (χ0v) is 10.6. The molecular formula is C14H17N3O. The van der Waals surface area contributed by atoms with Gasteiger partial charge in [-0.3, -0.25) is 4.90 Å². The summed E-state index contributed by atoms with van der Waals surface area (Å²) in [6, 6.07) is 8.32. The molecule has 2 unspecified atom stereocenters. The van der Waals surface area contributed by atoms with E-state index >= 15 is 0 Å². The molecule has 1 aromatic rings. The van der Waals surface area contributed by atoms with Crippen LogP contribution in [0.4, 0.5) is 10.5 Å². The highest BCUT2D eigenvalue weighted by Crippen LogP contribution is 2.36. The number of carbonyl (C=O) groups excluding carboxylic acids is 1. The smallest absolute Gasteiger partial charge is 0.323 e. The molecule has 2 heterocycles. The Morgan fingerprint density at radius 1 is 1.33 bits per heavy atom. The molecule has 2 aliphatic rings. The second-order valence-corrected chi connectivity index (χ2v) is 4.82. The van der Waals surface area contributed by atoms with E-state index in [4.69, 9.17) is 0 Å². The lowest BCUT2D eigenvalue weighted by Crippen LogP contribution is -2.51. The van der Waals surface area contributed by atoms with Crippen molar-refractivity contribution in [3.05, 3.63) is 36.0 Å². The first-order valence-electron chi connectivity index (χ1n) is 6.37. The van der Waals surface area contributed by atoms with Crippen LogP contribution in [0.2, 0.25) is 0 Å². The van der Waals surface area contributed by atoms with E-state index in [0.29, 0.717) is 0 Å². The van der Waals surface area contributed by atoms with Crippen molar-refractivity contribution in [3.63, 3.8) is 0 Å². The first kappa shape index (κ1) is 11.1. The van der Waals surface area contributed by atoms with Crippen LogP contribution in [0.15, 0.2) is 30.5 Å². The molecule has 0 fully saturated rings. The minimum absolute atomic E-state index is 0.0293. The Morgan fingerprint density at radius 2 is 2.11 bits per heavy atom. The fraction of sp³-hybridized carbons (Fsp3) is 0.357. The van der Waals surface area contributed by atoms with Crippen molar-refractivity contribution in [2.24, 2.45) is 0 Å². The van der Waals surface area contributed by atoms with Crippen LogP contribution in [0.25, 0.3) is 5.57 Å². The predicted molar refractivity (Wildman–Crippen MR) is 72.0 cm³/mol. The lowest BCUT2D eigenvalue weighted by molar-refractivity contribution is 0.198. The highest BCUT2D eigenvalue weighted by molar-refractivity contribution is 5.93. The Bertz CT molecular complexity index is 524. The van der Waals surface area contributed by atoms with E-state index in [1.165, 1.54) is 5.56 Å². The molecule has 0 aromatic heterocycles. The molecule has 3 rings (SSSR count). The highest BCUT2D eigenvalue weighted by Gasteiger charge is 2.34. The molecule has 18 heavy (non-hydrogen) atoms. The summed E-state index contributed by atoms with van der Waals surface area (Å²) in [5, 5.41) is 6.32. The Balaban J connectivity index is 2.01. The number of anilines is 1. The van der Waals surface area contributed by atoms with E-state index in [-0.39, 0.29) is 18.2 Å². The number of urea groups is 1. The maximum atomic E-state index is 12.0. The minimum atomic E-state index is -0.0878. The number of carbonyl (C=O) groups is 1. The number of rotatable bonds is 2. The zero-order valence-electron chi connectivity index (χ0n) is 10.6. The molecule has 1 aromatic carbocycles. The zero-order chi connectivity index (χ0) is 12.7. The van der Waals surface area contributed by atoms with Crippen LogP contribution in [-0.2, 0) is 0 Å². The van der Waals surface area contributed by atoms with E-state index in [1.54, 1.807) is 4.90 Å². The first-order chi connectivity index (χ1) is 8.70. The van der Waals surface area contributed by atoms with Gasteiger partial charge >= 0.3 is 6.03 Å². The van der Waals surface area contributed by atoms with Crippen LogP contribution in [0, 0.1) is 0 Å². The molecule has 0 radical (unpaired) electrons. The number of amides is 2. The van der Waals surface area contributed by atoms with Crippen molar-refractivity contribution >= 4 is 17.3 Å². The number of hydrogen-bond donors (Lipinski definition) is 2. The summed E-state index contributed by atoms with van der Waals surface area (Å²) < 4.78 is 0. The molecule has 0 spiro atoms. The summed E-state index contributed by atoms with van der Waals surface area (Å²) in [7, 11) is 0. The molecule has 4 nitrogen and oxygen atoms in total. The van der Waals surface area contributed by atoms with Gasteiger partial charge in [0, 0.05) is 29.1 Å². The van der Waals surface area contributed by atoms with Crippen LogP contribution < -0.4 is 10.6 Å². The first-order valence-corrected chi connectivity index (χ1v) is 6.37. The van der Waals surface area contributed by atoms with Gasteiger partial charge in [-0.15, -0.1) is 0 Å². The Labute approximate surface area is 107 Å². The summed E-state index contributed by atoms with van der Waals surface area (Å²) in [6.45, 7) is 4.15. The van der Waals surface area contributed by atoms with Crippen molar-refractivity contribution in [1.29, 1.82) is 0 Å². The van der Waals surface area contributed by atoms with Crippen molar-refractivity contribution < 1.29 is 4.79 Å². The van der Waals surface area contributed by atoms with Gasteiger partial charge in [0.25, 0.3) is 0 Å². The Kier molecular flexibility index (Phi) is 2.51. The SMILES string of the molecule is CCC(C)N1C=C2c3ccccc3NC2NC1=O. The third kappa shape index (κ3) is 1.56. The number of para-hydroxylation sites is 1. The summed E-state index contributed by atoms with van der Waals surface area (Å²) in [5.74, 6) is 0. The third-order valence-electron chi connectivity index (χ3n) is 3.70. The van der Waals surface area contributed by atoms with Gasteiger partial charge in [0.15, 0.2) is 0 Å². The van der Waals surface area contributed by atoms with Gasteiger partial charge in [0.1, 0.15) is 6.17 Å². The molecule has 2 amide bonds. The predicted octanol–water partition coefficient (Wildman–Crippen LogP) is 2.60. The number of nitrogens with zero attached hydrogens (tertiary/aromatic N) is 1. The van der Waals surface area contributed by atoms with Crippen LogP contribution >= 0.6 is 0 Å². The summed E-state index contributed by atoms with van der Waals surface area (Å²) in [4.78, 5) is 13.8. The van der Waals surface area contributed by atoms with Crippen molar-refractivity contribution in [1.82, 2.24) is 10.2 Å². The number of fused-ring (bicyclic) bond motifs is 3. The molecule has 0 saturated heterocycles. The van der Waals surface area contributed by atoms with E-state index in [2.05, 4.69) is 30.5 Å². The fourth-order valence-corrected chi connectivity index (χ4v) is 2.44. The summed E-state index contributed by atoms with van der Waals surface area (Å²) >= 11 is 0. The number of benzene rings is 1. The van der Waals surface area contributed by atoms with Crippen molar-refractivity contribution in [2.45, 2.75) is 32.5 Å². The highest BCUT2D eigenvalue weighted by atomic mass is 16.2. The maximum Gasteiger partial charge on any atom is 0.323 e. The summed E-state index contributed by atoms with van der Waals surface area (Å²) in [6.07, 6.45) is 2.84. The van der Waals surface area contributed by atoms with Crippen molar-refractivity contribution in [3.8, 4) is 0 Å². The van der Waals surface area contributed by atoms with Crippen LogP contribution in [0.5, 0.6) is 0 Å². The minimum Gasteiger partial charge on any atom is -0.361 e. The lowest BCUT2D eigenvalue weighted by Gasteiger charge is -2.32. The second-order valence-electron chi connectivity index (χ2n) is 4.82. The average molecular weight is 243 g/mol. The molecule has 0 bridgehead atoms. The molecule has 0 saturated carbocycles. The van der Waals surface area contributed by atoms with E-state index in [1.807, 2.05) is 24.4 Å². The molecule has 4 heteroatoms. The Hall–Kier alpha value is -1.97. The van der Waals surface area contributed by atoms with Gasteiger partial charge in [0.05, 0.1) is 0 Å². The molecule has 94 valence electrons. The van der Waals surface area contributed by atoms with Crippen LogP contribution in [-0.4, -0.2) is 23.1 Å². The number of hydrogen-bond acceptors (Lipinski definition) is 2. The topological polar surface area (TPSA) is 44.4 Å². The lowest BCUT2D eigenvalue weighted by atomic mass is 10.1. The van der Waals surface area contributed by atoms with Crippen molar-refractivity contribution in [2.75, 3.05) is 5.32 Å². The molecular weight excluding hydrogens is 226 g/mol. The van der Waals surface area contributed by atoms with Gasteiger partial charge in [-0.05, 0) is 19.4 Å². The quantitative estimate of drug-likeness (QED) is 0.838. The molecule has 0 aliphatic carbocycles. The molecule has 2 atom stereocenters. The van der Waals surface area contributed by atoms with Gasteiger partial charge in [-0.2, -0.15) is 0 Å². The van der Waals surface area contributed by atoms with Gasteiger partial charge in [-0.1, -0.05) is 25.1 Å². The van der Waals surface area contributed by atoms with E-state index in [9.17, 15) is 4.79 Å². The van der Waals surface area contributed by atoms with Gasteiger partial charge < -0.3 is 10.6 Å². The van der Waals surface area contributed by atoms with E-state index in [0.717, 1.165) is 17.7 Å². The monoisotopic (exact) mass is 243 g/mol. The fourth-order valence-electron chi connectivity index (χ4n) is 2.44. The summed E-state index contributed by atoms with van der Waals surface area (Å²) in [5.41, 5.74) is 3.40. The Morgan fingerprint density at radius 3 is 2.89 bits per heavy atom. The van der Waals surface area contributed by atoms with Gasteiger partial charge in [0.2, 0.25) is 0 Å².